The first kappa shape index (κ1) is 17.8. The number of nitrogens with one attached hydrogen (secondary N) is 1. The van der Waals surface area contributed by atoms with Crippen molar-refractivity contribution in [3.63, 3.8) is 0 Å². The lowest BCUT2D eigenvalue weighted by Crippen LogP contribution is -2.29. The zero-order chi connectivity index (χ0) is 19.8. The predicted molar refractivity (Wildman–Crippen MR) is 114 cm³/mol. The van der Waals surface area contributed by atoms with E-state index in [1.54, 1.807) is 18.3 Å². The van der Waals surface area contributed by atoms with Crippen molar-refractivity contribution in [1.82, 2.24) is 14.8 Å². The van der Waals surface area contributed by atoms with Gasteiger partial charge in [-0.2, -0.15) is 5.10 Å². The Bertz CT molecular complexity index is 1290. The second-order valence-electron chi connectivity index (χ2n) is 7.12. The van der Waals surface area contributed by atoms with Crippen LogP contribution >= 0.6 is 11.3 Å². The van der Waals surface area contributed by atoms with Crippen LogP contribution in [0.15, 0.2) is 58.8 Å². The Labute approximate surface area is 170 Å². The lowest BCUT2D eigenvalue weighted by Gasteiger charge is -2.06. The summed E-state index contributed by atoms with van der Waals surface area (Å²) in [6.07, 6.45) is 5.07. The lowest BCUT2D eigenvalue weighted by atomic mass is 10.1. The number of nitrogens with zero attached hydrogens (tertiary/aromatic N) is 3. The van der Waals surface area contributed by atoms with Crippen LogP contribution in [-0.2, 0) is 24.2 Å². The average molecular weight is 402 g/mol. The van der Waals surface area contributed by atoms with Crippen molar-refractivity contribution in [2.45, 2.75) is 25.8 Å². The van der Waals surface area contributed by atoms with Crippen molar-refractivity contribution < 1.29 is 4.79 Å². The average Bonchev–Trinajstić information content (AvgIpc) is 3.39. The molecule has 0 bridgehead atoms. The molecule has 0 aliphatic heterocycles. The van der Waals surface area contributed by atoms with Crippen LogP contribution in [-0.4, -0.2) is 20.7 Å². The number of hydrogen-bond acceptors (Lipinski definition) is 5. The van der Waals surface area contributed by atoms with Crippen LogP contribution in [0.1, 0.15) is 17.5 Å². The van der Waals surface area contributed by atoms with Gasteiger partial charge >= 0.3 is 0 Å². The molecule has 1 amide bonds. The number of aryl methyl sites for hydroxylation is 2. The third kappa shape index (κ3) is 3.45. The number of carbonyl (C=O) groups excluding carboxylic acids is 1. The maximum atomic E-state index is 12.5. The van der Waals surface area contributed by atoms with Gasteiger partial charge in [0.1, 0.15) is 6.54 Å². The lowest BCUT2D eigenvalue weighted by molar-refractivity contribution is -0.117. The molecule has 0 radical (unpaired) electrons. The first-order chi connectivity index (χ1) is 14.2. The van der Waals surface area contributed by atoms with Gasteiger partial charge in [-0.3, -0.25) is 9.59 Å². The summed E-state index contributed by atoms with van der Waals surface area (Å²) in [5.41, 5.74) is 4.45. The molecule has 1 N–H and O–H groups in total. The smallest absolute Gasteiger partial charge is 0.275 e. The summed E-state index contributed by atoms with van der Waals surface area (Å²) in [6, 6.07) is 13.7. The minimum absolute atomic E-state index is 0.155. The summed E-state index contributed by atoms with van der Waals surface area (Å²) in [7, 11) is 0. The van der Waals surface area contributed by atoms with Crippen molar-refractivity contribution in [3.05, 3.63) is 75.5 Å². The van der Waals surface area contributed by atoms with Gasteiger partial charge in [0, 0.05) is 16.3 Å². The molecule has 0 fully saturated rings. The van der Waals surface area contributed by atoms with Crippen LogP contribution in [0.5, 0.6) is 0 Å². The molecular weight excluding hydrogens is 384 g/mol. The number of thiazole rings is 1. The number of aromatic nitrogens is 3. The third-order valence-corrected chi connectivity index (χ3v) is 5.96. The molecule has 0 unspecified atom stereocenters. The normalized spacial score (nSPS) is 12.8. The largest absolute Gasteiger partial charge is 0.300 e. The van der Waals surface area contributed by atoms with Crippen LogP contribution in [0.4, 0.5) is 5.13 Å². The highest BCUT2D eigenvalue weighted by Gasteiger charge is 2.14. The van der Waals surface area contributed by atoms with E-state index < -0.39 is 0 Å². The van der Waals surface area contributed by atoms with Crippen molar-refractivity contribution >= 4 is 33.1 Å². The Balaban J connectivity index is 1.32. The fraction of sp³-hybridized carbons (Fsp3) is 0.182. The quantitative estimate of drug-likeness (QED) is 0.565. The fourth-order valence-electron chi connectivity index (χ4n) is 3.73. The predicted octanol–water partition coefficient (Wildman–Crippen LogP) is 3.65. The maximum absolute atomic E-state index is 12.5. The Morgan fingerprint density at radius 3 is 2.93 bits per heavy atom. The first-order valence-corrected chi connectivity index (χ1v) is 10.4. The summed E-state index contributed by atoms with van der Waals surface area (Å²) in [5, 5.41) is 10.6. The van der Waals surface area contributed by atoms with E-state index in [1.165, 1.54) is 33.6 Å². The topological polar surface area (TPSA) is 76.9 Å². The molecule has 2 heterocycles. The van der Waals surface area contributed by atoms with E-state index in [4.69, 9.17) is 0 Å². The second kappa shape index (κ2) is 7.25. The monoisotopic (exact) mass is 402 g/mol. The number of benzene rings is 2. The summed E-state index contributed by atoms with van der Waals surface area (Å²) in [6.45, 7) is -0.155. The van der Waals surface area contributed by atoms with Gasteiger partial charge in [-0.05, 0) is 42.5 Å². The molecule has 144 valence electrons. The molecule has 0 atom stereocenters. The minimum Gasteiger partial charge on any atom is -0.300 e. The van der Waals surface area contributed by atoms with E-state index in [1.807, 2.05) is 17.5 Å². The fourth-order valence-corrected chi connectivity index (χ4v) is 4.47. The molecule has 1 aliphatic rings. The highest BCUT2D eigenvalue weighted by atomic mass is 32.1. The third-order valence-electron chi connectivity index (χ3n) is 5.20. The van der Waals surface area contributed by atoms with E-state index in [0.29, 0.717) is 10.5 Å². The molecule has 7 heteroatoms. The number of hydrogen-bond donors (Lipinski definition) is 1. The van der Waals surface area contributed by atoms with Crippen molar-refractivity contribution in [2.75, 3.05) is 5.32 Å². The van der Waals surface area contributed by atoms with Crippen molar-refractivity contribution in [3.8, 4) is 11.3 Å². The highest BCUT2D eigenvalue weighted by molar-refractivity contribution is 7.14. The standard InChI is InChI=1S/C22H18N4O2S/c27-20(12-26-21(28)18-7-2-1-4-17(18)11-23-26)25-22-24-19(13-29-22)16-9-8-14-5-3-6-15(14)10-16/h1-2,4,7-11,13H,3,5-6,12H2,(H,24,25,27). The van der Waals surface area contributed by atoms with Crippen LogP contribution in [0, 0.1) is 0 Å². The van der Waals surface area contributed by atoms with E-state index in [2.05, 4.69) is 33.6 Å². The van der Waals surface area contributed by atoms with E-state index in [0.717, 1.165) is 29.5 Å². The molecule has 5 rings (SSSR count). The number of amides is 1. The van der Waals surface area contributed by atoms with Crippen LogP contribution < -0.4 is 10.9 Å². The van der Waals surface area contributed by atoms with Gasteiger partial charge in [0.15, 0.2) is 5.13 Å². The molecule has 1 aliphatic carbocycles. The zero-order valence-corrected chi connectivity index (χ0v) is 16.4. The van der Waals surface area contributed by atoms with Gasteiger partial charge in [0.05, 0.1) is 17.3 Å². The van der Waals surface area contributed by atoms with E-state index in [9.17, 15) is 9.59 Å². The number of rotatable bonds is 4. The van der Waals surface area contributed by atoms with Crippen molar-refractivity contribution in [1.29, 1.82) is 0 Å². The SMILES string of the molecule is O=C(Cn1ncc2ccccc2c1=O)Nc1nc(-c2ccc3c(c2)CCC3)cs1. The molecule has 6 nitrogen and oxygen atoms in total. The Morgan fingerprint density at radius 2 is 2.00 bits per heavy atom. The minimum atomic E-state index is -0.329. The first-order valence-electron chi connectivity index (χ1n) is 9.50. The second-order valence-corrected chi connectivity index (χ2v) is 7.98. The summed E-state index contributed by atoms with van der Waals surface area (Å²) in [4.78, 5) is 29.5. The molecule has 29 heavy (non-hydrogen) atoms. The number of carbonyl (C=O) groups is 1. The highest BCUT2D eigenvalue weighted by Crippen LogP contribution is 2.30. The van der Waals surface area contributed by atoms with Crippen LogP contribution in [0.2, 0.25) is 0 Å². The molecular formula is C22H18N4O2S. The molecule has 0 saturated heterocycles. The van der Waals surface area contributed by atoms with E-state index >= 15 is 0 Å². The molecule has 2 aromatic heterocycles. The van der Waals surface area contributed by atoms with Crippen molar-refractivity contribution in [2.24, 2.45) is 0 Å². The van der Waals surface area contributed by atoms with E-state index in [-0.39, 0.29) is 18.0 Å². The zero-order valence-electron chi connectivity index (χ0n) is 15.6. The Kier molecular flexibility index (Phi) is 4.44. The molecule has 4 aromatic rings. The van der Waals surface area contributed by atoms with Crippen LogP contribution in [0.25, 0.3) is 22.0 Å². The van der Waals surface area contributed by atoms with Gasteiger partial charge in [0.2, 0.25) is 5.91 Å². The van der Waals surface area contributed by atoms with Gasteiger partial charge < -0.3 is 5.32 Å². The van der Waals surface area contributed by atoms with Gasteiger partial charge in [-0.1, -0.05) is 30.3 Å². The van der Waals surface area contributed by atoms with Gasteiger partial charge in [0.25, 0.3) is 5.56 Å². The van der Waals surface area contributed by atoms with Crippen LogP contribution in [0.3, 0.4) is 0 Å². The maximum Gasteiger partial charge on any atom is 0.275 e. The number of anilines is 1. The Morgan fingerprint density at radius 1 is 1.14 bits per heavy atom. The summed E-state index contributed by atoms with van der Waals surface area (Å²) < 4.78 is 1.17. The summed E-state index contributed by atoms with van der Waals surface area (Å²) >= 11 is 1.37. The summed E-state index contributed by atoms with van der Waals surface area (Å²) in [5.74, 6) is -0.329. The number of fused-ring (bicyclic) bond motifs is 2. The van der Waals surface area contributed by atoms with Gasteiger partial charge in [-0.25, -0.2) is 9.67 Å². The molecule has 0 spiro atoms. The Hall–Kier alpha value is -3.32. The molecule has 2 aromatic carbocycles. The molecule has 0 saturated carbocycles. The van der Waals surface area contributed by atoms with Gasteiger partial charge in [-0.15, -0.1) is 11.3 Å².